The van der Waals surface area contributed by atoms with Gasteiger partial charge in [-0.05, 0) is 41.8 Å². The van der Waals surface area contributed by atoms with E-state index in [1.165, 1.54) is 12.1 Å². The Labute approximate surface area is 196 Å². The van der Waals surface area contributed by atoms with Gasteiger partial charge in [-0.1, -0.05) is 32.0 Å². The van der Waals surface area contributed by atoms with Crippen LogP contribution in [0.2, 0.25) is 0 Å². The molecule has 0 fully saturated rings. The lowest BCUT2D eigenvalue weighted by molar-refractivity contribution is -0.119. The van der Waals surface area contributed by atoms with Gasteiger partial charge in [-0.3, -0.25) is 4.79 Å². The molecule has 7 heteroatoms. The van der Waals surface area contributed by atoms with E-state index in [9.17, 15) is 14.4 Å². The Morgan fingerprint density at radius 3 is 2.53 bits per heavy atom. The average Bonchev–Trinajstić information content (AvgIpc) is 3.23. The minimum absolute atomic E-state index is 0.00531. The Morgan fingerprint density at radius 2 is 1.85 bits per heavy atom. The zero-order chi connectivity index (χ0) is 24.0. The summed E-state index contributed by atoms with van der Waals surface area (Å²) in [5.41, 5.74) is 9.19. The molecule has 0 amide bonds. The van der Waals surface area contributed by atoms with Crippen LogP contribution in [-0.4, -0.2) is 15.6 Å². The molecule has 1 aliphatic heterocycles. The molecule has 0 saturated carbocycles. The number of nitrogens with two attached hydrogens (primary N) is 1. The number of carbonyl (C=O) groups excluding carboxylic acids is 1. The Morgan fingerprint density at radius 1 is 1.15 bits per heavy atom. The van der Waals surface area contributed by atoms with Gasteiger partial charge in [-0.15, -0.1) is 0 Å². The van der Waals surface area contributed by atoms with Crippen LogP contribution in [0.3, 0.4) is 0 Å². The van der Waals surface area contributed by atoms with Crippen LogP contribution < -0.4 is 5.73 Å². The van der Waals surface area contributed by atoms with Crippen LogP contribution in [0, 0.1) is 22.6 Å². The zero-order valence-electron chi connectivity index (χ0n) is 18.9. The number of ketones is 1. The predicted octanol–water partition coefficient (Wildman–Crippen LogP) is 5.13. The number of rotatable bonds is 3. The summed E-state index contributed by atoms with van der Waals surface area (Å²) < 4.78 is 21.2. The summed E-state index contributed by atoms with van der Waals surface area (Å²) >= 11 is 0. The van der Waals surface area contributed by atoms with Crippen molar-refractivity contribution in [3.05, 3.63) is 95.0 Å². The molecule has 1 unspecified atom stereocenters. The summed E-state index contributed by atoms with van der Waals surface area (Å²) in [7, 11) is 0. The highest BCUT2D eigenvalue weighted by atomic mass is 19.1. The molecular weight excluding hydrogens is 431 g/mol. The van der Waals surface area contributed by atoms with E-state index in [0.717, 1.165) is 5.69 Å². The highest BCUT2D eigenvalue weighted by Crippen LogP contribution is 2.49. The fraction of sp³-hybridized carbons (Fsp3) is 0.222. The number of nitrogens with zero attached hydrogens (tertiary/aromatic N) is 3. The van der Waals surface area contributed by atoms with Gasteiger partial charge in [0.05, 0.1) is 17.3 Å². The lowest BCUT2D eigenvalue weighted by atomic mass is 9.70. The lowest BCUT2D eigenvalue weighted by Gasteiger charge is -2.37. The third kappa shape index (κ3) is 3.67. The number of nitriles is 1. The number of carbonyl (C=O) groups is 1. The van der Waals surface area contributed by atoms with Crippen molar-refractivity contribution in [3.8, 4) is 23.0 Å². The number of hydrogen-bond acceptors (Lipinski definition) is 5. The van der Waals surface area contributed by atoms with Gasteiger partial charge >= 0.3 is 0 Å². The van der Waals surface area contributed by atoms with Crippen LogP contribution >= 0.6 is 0 Å². The monoisotopic (exact) mass is 454 g/mol. The predicted molar refractivity (Wildman–Crippen MR) is 125 cm³/mol. The van der Waals surface area contributed by atoms with Crippen LogP contribution in [-0.2, 0) is 9.53 Å². The standard InChI is InChI=1S/C27H23FN4O2/c1-27(2)12-21(33)24-22(13-27)34-26(30)19(14-29)23(24)20-15-32(18-6-4-3-5-7-18)31-25(20)16-8-10-17(28)11-9-16/h3-11,15,23H,12-13,30H2,1-2H3. The van der Waals surface area contributed by atoms with Gasteiger partial charge < -0.3 is 10.5 Å². The van der Waals surface area contributed by atoms with Gasteiger partial charge in [-0.2, -0.15) is 10.4 Å². The Bertz CT molecular complexity index is 1390. The Balaban J connectivity index is 1.76. The van der Waals surface area contributed by atoms with Crippen LogP contribution in [0.4, 0.5) is 4.39 Å². The molecule has 2 aromatic carbocycles. The fourth-order valence-corrected chi connectivity index (χ4v) is 4.74. The SMILES string of the molecule is CC1(C)CC(=O)C2=C(C1)OC(N)=C(C#N)C2c1cn(-c2ccccc2)nc1-c1ccc(F)cc1. The summed E-state index contributed by atoms with van der Waals surface area (Å²) in [6, 6.07) is 17.7. The summed E-state index contributed by atoms with van der Waals surface area (Å²) in [6.07, 6.45) is 2.68. The summed E-state index contributed by atoms with van der Waals surface area (Å²) in [6.45, 7) is 4.01. The molecule has 1 aromatic heterocycles. The first-order chi connectivity index (χ1) is 16.3. The molecule has 2 aliphatic rings. The van der Waals surface area contributed by atoms with Gasteiger partial charge in [0.1, 0.15) is 23.2 Å². The summed E-state index contributed by atoms with van der Waals surface area (Å²) in [5.74, 6) is -0.672. The topological polar surface area (TPSA) is 93.9 Å². The first-order valence-electron chi connectivity index (χ1n) is 11.0. The van der Waals surface area contributed by atoms with E-state index in [2.05, 4.69) is 6.07 Å². The number of allylic oxidation sites excluding steroid dienone is 3. The third-order valence-corrected chi connectivity index (χ3v) is 6.27. The van der Waals surface area contributed by atoms with Crippen LogP contribution in [0.1, 0.15) is 38.2 Å². The van der Waals surface area contributed by atoms with E-state index in [1.54, 1.807) is 16.8 Å². The van der Waals surface area contributed by atoms with Crippen LogP contribution in [0.5, 0.6) is 0 Å². The quantitative estimate of drug-likeness (QED) is 0.592. The van der Waals surface area contributed by atoms with Gasteiger partial charge in [0.15, 0.2) is 5.78 Å². The molecular formula is C27H23FN4O2. The molecule has 0 spiro atoms. The minimum atomic E-state index is -0.727. The first kappa shape index (κ1) is 21.7. The maximum Gasteiger partial charge on any atom is 0.205 e. The highest BCUT2D eigenvalue weighted by molar-refractivity contribution is 6.00. The van der Waals surface area contributed by atoms with E-state index in [0.29, 0.717) is 41.0 Å². The maximum atomic E-state index is 13.7. The average molecular weight is 455 g/mol. The molecule has 0 saturated heterocycles. The first-order valence-corrected chi connectivity index (χ1v) is 11.0. The van der Waals surface area contributed by atoms with Gasteiger partial charge in [-0.25, -0.2) is 9.07 Å². The Kier molecular flexibility index (Phi) is 5.09. The largest absolute Gasteiger partial charge is 0.444 e. The minimum Gasteiger partial charge on any atom is -0.444 e. The zero-order valence-corrected chi connectivity index (χ0v) is 18.9. The van der Waals surface area contributed by atoms with Gasteiger partial charge in [0, 0.05) is 35.7 Å². The number of hydrogen-bond donors (Lipinski definition) is 1. The van der Waals surface area contributed by atoms with Crippen molar-refractivity contribution in [2.45, 2.75) is 32.6 Å². The van der Waals surface area contributed by atoms with E-state index in [4.69, 9.17) is 15.6 Å². The molecule has 1 atom stereocenters. The number of halogens is 1. The van der Waals surface area contributed by atoms with Crippen molar-refractivity contribution in [1.29, 1.82) is 5.26 Å². The van der Waals surface area contributed by atoms with E-state index >= 15 is 0 Å². The molecule has 3 aromatic rings. The molecule has 34 heavy (non-hydrogen) atoms. The normalized spacial score (nSPS) is 19.5. The van der Waals surface area contributed by atoms with Crippen molar-refractivity contribution in [2.75, 3.05) is 0 Å². The second-order valence-corrected chi connectivity index (χ2v) is 9.42. The summed E-state index contributed by atoms with van der Waals surface area (Å²) in [4.78, 5) is 13.4. The number of benzene rings is 2. The van der Waals surface area contributed by atoms with E-state index in [-0.39, 0.29) is 28.5 Å². The van der Waals surface area contributed by atoms with Crippen LogP contribution in [0.15, 0.2) is 83.6 Å². The number of aromatic nitrogens is 2. The van der Waals surface area contributed by atoms with Crippen molar-refractivity contribution >= 4 is 5.78 Å². The molecule has 170 valence electrons. The van der Waals surface area contributed by atoms with Crippen LogP contribution in [0.25, 0.3) is 16.9 Å². The molecule has 0 bridgehead atoms. The molecule has 2 heterocycles. The van der Waals surface area contributed by atoms with Gasteiger partial charge in [0.2, 0.25) is 5.88 Å². The second kappa shape index (κ2) is 7.99. The lowest BCUT2D eigenvalue weighted by Crippen LogP contribution is -2.33. The van der Waals surface area contributed by atoms with Gasteiger partial charge in [0.25, 0.3) is 0 Å². The molecule has 1 aliphatic carbocycles. The molecule has 5 rings (SSSR count). The third-order valence-electron chi connectivity index (χ3n) is 6.27. The highest BCUT2D eigenvalue weighted by Gasteiger charge is 2.44. The van der Waals surface area contributed by atoms with E-state index < -0.39 is 5.92 Å². The number of ether oxygens (including phenoxy) is 1. The van der Waals surface area contributed by atoms with Crippen molar-refractivity contribution < 1.29 is 13.9 Å². The fourth-order valence-electron chi connectivity index (χ4n) is 4.74. The van der Waals surface area contributed by atoms with Crippen molar-refractivity contribution in [3.63, 3.8) is 0 Å². The number of para-hydroxylation sites is 1. The maximum absolute atomic E-state index is 13.7. The van der Waals surface area contributed by atoms with E-state index in [1.807, 2.05) is 50.4 Å². The second-order valence-electron chi connectivity index (χ2n) is 9.42. The smallest absolute Gasteiger partial charge is 0.205 e. The number of Topliss-reactive ketones (excluding diaryl/α,β-unsaturated/α-hetero) is 1. The van der Waals surface area contributed by atoms with Crippen molar-refractivity contribution in [2.24, 2.45) is 11.1 Å². The summed E-state index contributed by atoms with van der Waals surface area (Å²) in [5, 5.41) is 14.8. The molecule has 0 radical (unpaired) electrons. The molecule has 2 N–H and O–H groups in total. The Hall–Kier alpha value is -4.18. The van der Waals surface area contributed by atoms with Crippen molar-refractivity contribution in [1.82, 2.24) is 9.78 Å². The molecule has 6 nitrogen and oxygen atoms in total.